The molecule has 1 saturated heterocycles. The Bertz CT molecular complexity index is 800. The largest absolute Gasteiger partial charge is 0.312 e. The van der Waals surface area contributed by atoms with Crippen LogP contribution < -0.4 is 10.3 Å². The number of hydrogen-bond donors (Lipinski definition) is 1. The number of aryl methyl sites for hydroxylation is 1. The van der Waals surface area contributed by atoms with E-state index in [1.807, 2.05) is 31.2 Å². The number of halogens is 1. The van der Waals surface area contributed by atoms with Gasteiger partial charge in [-0.2, -0.15) is 5.10 Å². The Morgan fingerprint density at radius 1 is 1.20 bits per heavy atom. The number of nitrogens with one attached hydrogen (secondary N) is 1. The molecule has 128 valence electrons. The number of anilines is 1. The molecule has 0 saturated carbocycles. The highest BCUT2D eigenvalue weighted by Crippen LogP contribution is 2.25. The highest BCUT2D eigenvalue weighted by Gasteiger charge is 2.35. The zero-order valence-corrected chi connectivity index (χ0v) is 13.8. The average Bonchev–Trinajstić information content (AvgIpc) is 2.99. The van der Waals surface area contributed by atoms with Crippen LogP contribution in [0.4, 0.5) is 10.1 Å². The van der Waals surface area contributed by atoms with Crippen molar-refractivity contribution in [2.75, 3.05) is 11.4 Å². The van der Waals surface area contributed by atoms with E-state index < -0.39 is 5.92 Å². The zero-order valence-electron chi connectivity index (χ0n) is 13.8. The summed E-state index contributed by atoms with van der Waals surface area (Å²) in [4.78, 5) is 26.0. The summed E-state index contributed by atoms with van der Waals surface area (Å²) in [7, 11) is 0. The molecule has 25 heavy (non-hydrogen) atoms. The second kappa shape index (κ2) is 7.25. The van der Waals surface area contributed by atoms with Crippen molar-refractivity contribution >= 4 is 23.7 Å². The van der Waals surface area contributed by atoms with Crippen LogP contribution in [0.2, 0.25) is 0 Å². The minimum absolute atomic E-state index is 0.0773. The van der Waals surface area contributed by atoms with Crippen molar-refractivity contribution in [3.8, 4) is 0 Å². The summed E-state index contributed by atoms with van der Waals surface area (Å²) in [5.74, 6) is -1.16. The topological polar surface area (TPSA) is 61.8 Å². The van der Waals surface area contributed by atoms with E-state index in [2.05, 4.69) is 10.5 Å². The first-order chi connectivity index (χ1) is 12.0. The van der Waals surface area contributed by atoms with Crippen LogP contribution in [-0.2, 0) is 9.59 Å². The fourth-order valence-electron chi connectivity index (χ4n) is 2.67. The summed E-state index contributed by atoms with van der Waals surface area (Å²) in [6, 6.07) is 13.4. The van der Waals surface area contributed by atoms with Crippen molar-refractivity contribution < 1.29 is 14.0 Å². The third kappa shape index (κ3) is 4.09. The lowest BCUT2D eigenvalue weighted by Crippen LogP contribution is -2.30. The maximum Gasteiger partial charge on any atom is 0.245 e. The van der Waals surface area contributed by atoms with Gasteiger partial charge in [0.2, 0.25) is 11.8 Å². The Morgan fingerprint density at radius 2 is 1.88 bits per heavy atom. The van der Waals surface area contributed by atoms with Crippen molar-refractivity contribution in [2.45, 2.75) is 13.3 Å². The molecule has 0 radical (unpaired) electrons. The second-order valence-corrected chi connectivity index (χ2v) is 6.03. The molecule has 6 heteroatoms. The van der Waals surface area contributed by atoms with E-state index in [4.69, 9.17) is 0 Å². The summed E-state index contributed by atoms with van der Waals surface area (Å²) in [5.41, 5.74) is 5.02. The van der Waals surface area contributed by atoms with Gasteiger partial charge in [0.25, 0.3) is 0 Å². The number of carbonyl (C=O) groups is 2. The highest BCUT2D eigenvalue weighted by atomic mass is 19.1. The lowest BCUT2D eigenvalue weighted by molar-refractivity contribution is -0.126. The summed E-state index contributed by atoms with van der Waals surface area (Å²) in [5, 5.41) is 3.87. The van der Waals surface area contributed by atoms with E-state index in [0.717, 1.165) is 11.3 Å². The number of benzene rings is 2. The fraction of sp³-hybridized carbons (Fsp3) is 0.211. The normalized spacial score (nSPS) is 17.3. The number of rotatable bonds is 4. The van der Waals surface area contributed by atoms with Crippen LogP contribution in [0.15, 0.2) is 53.6 Å². The predicted octanol–water partition coefficient (Wildman–Crippen LogP) is 2.64. The van der Waals surface area contributed by atoms with Gasteiger partial charge in [-0.05, 0) is 36.8 Å². The van der Waals surface area contributed by atoms with E-state index in [-0.39, 0.29) is 24.1 Å². The number of hydrogen-bond acceptors (Lipinski definition) is 3. The molecule has 1 heterocycles. The van der Waals surface area contributed by atoms with E-state index in [1.54, 1.807) is 17.0 Å². The fourth-order valence-corrected chi connectivity index (χ4v) is 2.67. The zero-order chi connectivity index (χ0) is 17.8. The molecule has 1 fully saturated rings. The van der Waals surface area contributed by atoms with E-state index >= 15 is 0 Å². The Morgan fingerprint density at radius 3 is 2.56 bits per heavy atom. The van der Waals surface area contributed by atoms with Gasteiger partial charge in [0, 0.05) is 18.7 Å². The van der Waals surface area contributed by atoms with Gasteiger partial charge in [0.15, 0.2) is 0 Å². The molecule has 2 amide bonds. The van der Waals surface area contributed by atoms with E-state index in [1.165, 1.54) is 18.3 Å². The van der Waals surface area contributed by atoms with Crippen LogP contribution in [-0.4, -0.2) is 24.6 Å². The van der Waals surface area contributed by atoms with Crippen LogP contribution in [0.1, 0.15) is 17.5 Å². The van der Waals surface area contributed by atoms with E-state index in [9.17, 15) is 14.0 Å². The smallest absolute Gasteiger partial charge is 0.245 e. The van der Waals surface area contributed by atoms with Crippen molar-refractivity contribution in [3.05, 3.63) is 65.5 Å². The Kier molecular flexibility index (Phi) is 4.88. The molecule has 0 spiro atoms. The molecule has 1 aliphatic heterocycles. The summed E-state index contributed by atoms with van der Waals surface area (Å²) in [6.07, 6.45) is 1.59. The molecule has 2 aromatic carbocycles. The Hall–Kier alpha value is -3.02. The van der Waals surface area contributed by atoms with Gasteiger partial charge in [-0.1, -0.05) is 29.8 Å². The van der Waals surface area contributed by atoms with Crippen LogP contribution >= 0.6 is 0 Å². The van der Waals surface area contributed by atoms with Crippen molar-refractivity contribution in [1.82, 2.24) is 5.43 Å². The molecule has 5 nitrogen and oxygen atoms in total. The van der Waals surface area contributed by atoms with Crippen LogP contribution in [0.5, 0.6) is 0 Å². The van der Waals surface area contributed by atoms with Crippen molar-refractivity contribution in [2.24, 2.45) is 11.0 Å². The number of amides is 2. The SMILES string of the molecule is Cc1ccc(N2C[C@H](C(=O)N/N=C/c3ccc(F)cc3)CC2=O)cc1. The molecule has 0 aromatic heterocycles. The first-order valence-electron chi connectivity index (χ1n) is 7.98. The summed E-state index contributed by atoms with van der Waals surface area (Å²) >= 11 is 0. The maximum atomic E-state index is 12.8. The van der Waals surface area contributed by atoms with Gasteiger partial charge in [0.05, 0.1) is 12.1 Å². The summed E-state index contributed by atoms with van der Waals surface area (Å²) < 4.78 is 12.8. The highest BCUT2D eigenvalue weighted by molar-refractivity contribution is 6.00. The standard InChI is InChI=1S/C19H18FN3O2/c1-13-2-8-17(9-3-13)23-12-15(10-18(23)24)19(25)22-21-11-14-4-6-16(20)7-5-14/h2-9,11,15H,10,12H2,1H3,(H,22,25)/b21-11+/t15-/m1/s1. The first kappa shape index (κ1) is 16.8. The predicted molar refractivity (Wildman–Crippen MR) is 93.8 cm³/mol. The maximum absolute atomic E-state index is 12.8. The third-order valence-electron chi connectivity index (χ3n) is 4.10. The van der Waals surface area contributed by atoms with Gasteiger partial charge >= 0.3 is 0 Å². The molecule has 0 unspecified atom stereocenters. The quantitative estimate of drug-likeness (QED) is 0.688. The Labute approximate surface area is 145 Å². The van der Waals surface area contributed by atoms with Crippen molar-refractivity contribution in [3.63, 3.8) is 0 Å². The molecular formula is C19H18FN3O2. The molecule has 2 aromatic rings. The monoisotopic (exact) mass is 339 g/mol. The molecule has 1 N–H and O–H groups in total. The molecule has 1 aliphatic rings. The van der Waals surface area contributed by atoms with Crippen LogP contribution in [0, 0.1) is 18.7 Å². The lowest BCUT2D eigenvalue weighted by Gasteiger charge is -2.16. The third-order valence-corrected chi connectivity index (χ3v) is 4.10. The van der Waals surface area contributed by atoms with Crippen LogP contribution in [0.3, 0.4) is 0 Å². The van der Waals surface area contributed by atoms with Gasteiger partial charge < -0.3 is 4.90 Å². The van der Waals surface area contributed by atoms with Crippen LogP contribution in [0.25, 0.3) is 0 Å². The molecular weight excluding hydrogens is 321 g/mol. The van der Waals surface area contributed by atoms with Gasteiger partial charge in [-0.25, -0.2) is 9.82 Å². The second-order valence-electron chi connectivity index (χ2n) is 6.03. The lowest BCUT2D eigenvalue weighted by atomic mass is 10.1. The minimum atomic E-state index is -0.445. The number of hydrazone groups is 1. The van der Waals surface area contributed by atoms with E-state index in [0.29, 0.717) is 12.1 Å². The first-order valence-corrected chi connectivity index (χ1v) is 7.98. The molecule has 1 atom stereocenters. The van der Waals surface area contributed by atoms with Gasteiger partial charge in [0.1, 0.15) is 5.82 Å². The number of carbonyl (C=O) groups excluding carboxylic acids is 2. The Balaban J connectivity index is 1.59. The average molecular weight is 339 g/mol. The molecule has 0 bridgehead atoms. The molecule has 0 aliphatic carbocycles. The van der Waals surface area contributed by atoms with Crippen molar-refractivity contribution in [1.29, 1.82) is 0 Å². The number of nitrogens with zero attached hydrogens (tertiary/aromatic N) is 2. The summed E-state index contributed by atoms with van der Waals surface area (Å²) in [6.45, 7) is 2.31. The van der Waals surface area contributed by atoms with Gasteiger partial charge in [-0.3, -0.25) is 9.59 Å². The molecule has 3 rings (SSSR count). The van der Waals surface area contributed by atoms with Gasteiger partial charge in [-0.15, -0.1) is 0 Å². The minimum Gasteiger partial charge on any atom is -0.312 e.